The van der Waals surface area contributed by atoms with Crippen LogP contribution in [0.1, 0.15) is 17.3 Å². The molecule has 11 heteroatoms. The number of ether oxygens (including phenoxy) is 1. The molecule has 2 aromatic carbocycles. The first-order valence-corrected chi connectivity index (χ1v) is 10.5. The van der Waals surface area contributed by atoms with Gasteiger partial charge in [-0.15, -0.1) is 0 Å². The quantitative estimate of drug-likeness (QED) is 0.372. The third-order valence-corrected chi connectivity index (χ3v) is 5.37. The van der Waals surface area contributed by atoms with Gasteiger partial charge in [-0.2, -0.15) is 0 Å². The van der Waals surface area contributed by atoms with Crippen molar-refractivity contribution in [2.45, 2.75) is 17.9 Å². The van der Waals surface area contributed by atoms with E-state index >= 15 is 0 Å². The zero-order valence-electron chi connectivity index (χ0n) is 16.3. The van der Waals surface area contributed by atoms with Gasteiger partial charge in [0.25, 0.3) is 15.9 Å². The van der Waals surface area contributed by atoms with Crippen molar-refractivity contribution in [3.63, 3.8) is 0 Å². The average molecular weight is 441 g/mol. The molecule has 31 heavy (non-hydrogen) atoms. The molecule has 0 radical (unpaired) electrons. The van der Waals surface area contributed by atoms with Crippen molar-refractivity contribution in [1.29, 1.82) is 0 Å². The Morgan fingerprint density at radius 2 is 1.61 bits per heavy atom. The Bertz CT molecular complexity index is 1170. The van der Waals surface area contributed by atoms with Crippen LogP contribution in [-0.4, -0.2) is 36.4 Å². The van der Waals surface area contributed by atoms with Crippen molar-refractivity contribution in [2.24, 2.45) is 0 Å². The molecule has 0 aliphatic carbocycles. The van der Waals surface area contributed by atoms with Crippen molar-refractivity contribution < 1.29 is 22.7 Å². The van der Waals surface area contributed by atoms with E-state index < -0.39 is 28.0 Å². The fourth-order valence-corrected chi connectivity index (χ4v) is 3.35. The minimum atomic E-state index is -3.89. The molecule has 1 unspecified atom stereocenters. The maximum absolute atomic E-state index is 12.4. The molecule has 0 saturated carbocycles. The second-order valence-electron chi connectivity index (χ2n) is 6.36. The fraction of sp³-hybridized carbons (Fsp3) is 0.100. The summed E-state index contributed by atoms with van der Waals surface area (Å²) in [5, 5.41) is 2.56. The normalized spacial score (nSPS) is 11.9. The lowest BCUT2D eigenvalue weighted by Crippen LogP contribution is -2.30. The Morgan fingerprint density at radius 3 is 2.23 bits per heavy atom. The number of amides is 1. The molecule has 1 atom stereocenters. The minimum Gasteiger partial charge on any atom is -0.449 e. The molecule has 1 amide bonds. The molecule has 0 bridgehead atoms. The molecule has 3 rings (SSSR count). The maximum atomic E-state index is 12.4. The van der Waals surface area contributed by atoms with Gasteiger partial charge >= 0.3 is 5.97 Å². The van der Waals surface area contributed by atoms with Gasteiger partial charge < -0.3 is 15.8 Å². The summed E-state index contributed by atoms with van der Waals surface area (Å²) in [5.74, 6) is -1.30. The number of sulfonamides is 1. The number of hydrogen-bond donors (Lipinski definition) is 3. The van der Waals surface area contributed by atoms with E-state index in [4.69, 9.17) is 10.5 Å². The third-order valence-electron chi connectivity index (χ3n) is 4.02. The third kappa shape index (κ3) is 5.76. The van der Waals surface area contributed by atoms with Crippen LogP contribution in [0.4, 0.5) is 17.3 Å². The van der Waals surface area contributed by atoms with E-state index in [-0.39, 0.29) is 16.4 Å². The van der Waals surface area contributed by atoms with Crippen LogP contribution in [0.3, 0.4) is 0 Å². The summed E-state index contributed by atoms with van der Waals surface area (Å²) in [5.41, 5.74) is 6.66. The number of aromatic nitrogens is 2. The van der Waals surface area contributed by atoms with Crippen LogP contribution in [0.2, 0.25) is 0 Å². The molecule has 0 aliphatic heterocycles. The molecule has 4 N–H and O–H groups in total. The van der Waals surface area contributed by atoms with Gasteiger partial charge in [0.1, 0.15) is 0 Å². The predicted molar refractivity (Wildman–Crippen MR) is 114 cm³/mol. The van der Waals surface area contributed by atoms with Crippen LogP contribution in [0.25, 0.3) is 0 Å². The van der Waals surface area contributed by atoms with Gasteiger partial charge in [0, 0.05) is 23.8 Å². The van der Waals surface area contributed by atoms with Gasteiger partial charge in [-0.25, -0.2) is 27.9 Å². The standard InChI is InChI=1S/C20H19N5O5S/c1-13(30-19(27)14-3-5-15(21)6-4-14)18(26)24-16-7-9-17(10-8-16)31(28,29)25-20-22-11-2-12-23-20/h2-13H,21H2,1H3,(H,24,26)(H,22,23,25). The number of carbonyl (C=O) groups excluding carboxylic acids is 2. The van der Waals surface area contributed by atoms with Crippen molar-refractivity contribution in [3.8, 4) is 0 Å². The second kappa shape index (κ2) is 9.22. The van der Waals surface area contributed by atoms with Gasteiger partial charge in [-0.1, -0.05) is 0 Å². The zero-order chi connectivity index (χ0) is 22.4. The van der Waals surface area contributed by atoms with Crippen molar-refractivity contribution in [3.05, 3.63) is 72.6 Å². The molecular weight excluding hydrogens is 422 g/mol. The summed E-state index contributed by atoms with van der Waals surface area (Å²) in [6.07, 6.45) is 1.74. The number of benzene rings is 2. The Labute approximate surface area is 178 Å². The fourth-order valence-electron chi connectivity index (χ4n) is 2.39. The largest absolute Gasteiger partial charge is 0.449 e. The smallest absolute Gasteiger partial charge is 0.338 e. The van der Waals surface area contributed by atoms with E-state index in [9.17, 15) is 18.0 Å². The van der Waals surface area contributed by atoms with Gasteiger partial charge in [0.15, 0.2) is 6.10 Å². The molecule has 160 valence electrons. The highest BCUT2D eigenvalue weighted by Crippen LogP contribution is 2.17. The zero-order valence-corrected chi connectivity index (χ0v) is 17.2. The molecule has 1 aromatic heterocycles. The van der Waals surface area contributed by atoms with Gasteiger partial charge in [0.05, 0.1) is 10.5 Å². The number of esters is 1. The lowest BCUT2D eigenvalue weighted by Gasteiger charge is -2.14. The number of nitrogen functional groups attached to an aromatic ring is 1. The first-order valence-electron chi connectivity index (χ1n) is 9.02. The number of nitrogens with zero attached hydrogens (tertiary/aromatic N) is 2. The Hall–Kier alpha value is -3.99. The van der Waals surface area contributed by atoms with E-state index in [0.717, 1.165) is 0 Å². The van der Waals surface area contributed by atoms with E-state index in [1.165, 1.54) is 55.7 Å². The summed E-state index contributed by atoms with van der Waals surface area (Å²) >= 11 is 0. The van der Waals surface area contributed by atoms with Gasteiger partial charge in [-0.3, -0.25) is 4.79 Å². The first kappa shape index (κ1) is 21.7. The molecule has 0 aliphatic rings. The molecule has 0 saturated heterocycles. The number of nitrogens with one attached hydrogen (secondary N) is 2. The van der Waals surface area contributed by atoms with E-state index in [1.807, 2.05) is 0 Å². The summed E-state index contributed by atoms with van der Waals surface area (Å²) in [4.78, 5) is 32.0. The number of hydrogen-bond acceptors (Lipinski definition) is 8. The Balaban J connectivity index is 1.60. The van der Waals surface area contributed by atoms with Crippen LogP contribution >= 0.6 is 0 Å². The van der Waals surface area contributed by atoms with Crippen molar-refractivity contribution in [2.75, 3.05) is 15.8 Å². The highest BCUT2D eigenvalue weighted by atomic mass is 32.2. The highest BCUT2D eigenvalue weighted by Gasteiger charge is 2.20. The Kier molecular flexibility index (Phi) is 6.46. The van der Waals surface area contributed by atoms with Crippen LogP contribution in [0.5, 0.6) is 0 Å². The van der Waals surface area contributed by atoms with E-state index in [0.29, 0.717) is 11.4 Å². The van der Waals surface area contributed by atoms with Gasteiger partial charge in [0.2, 0.25) is 5.95 Å². The van der Waals surface area contributed by atoms with Crippen LogP contribution < -0.4 is 15.8 Å². The van der Waals surface area contributed by atoms with Crippen LogP contribution in [0.15, 0.2) is 71.9 Å². The molecular formula is C20H19N5O5S. The lowest BCUT2D eigenvalue weighted by atomic mass is 10.2. The SMILES string of the molecule is CC(OC(=O)c1ccc(N)cc1)C(=O)Nc1ccc(S(=O)(=O)Nc2ncccn2)cc1. The maximum Gasteiger partial charge on any atom is 0.338 e. The van der Waals surface area contributed by atoms with Crippen molar-refractivity contribution >= 4 is 39.2 Å². The number of nitrogens with two attached hydrogens (primary N) is 1. The average Bonchev–Trinajstić information content (AvgIpc) is 2.75. The summed E-state index contributed by atoms with van der Waals surface area (Å²) in [6.45, 7) is 1.42. The number of anilines is 3. The second-order valence-corrected chi connectivity index (χ2v) is 8.04. The molecule has 0 spiro atoms. The van der Waals surface area contributed by atoms with Gasteiger partial charge in [-0.05, 0) is 61.5 Å². The molecule has 10 nitrogen and oxygen atoms in total. The van der Waals surface area contributed by atoms with Crippen molar-refractivity contribution in [1.82, 2.24) is 9.97 Å². The molecule has 3 aromatic rings. The molecule has 1 heterocycles. The number of rotatable bonds is 7. The van der Waals surface area contributed by atoms with E-state index in [2.05, 4.69) is 20.0 Å². The Morgan fingerprint density at radius 1 is 1.00 bits per heavy atom. The predicted octanol–water partition coefficient (Wildman–Crippen LogP) is 2.04. The number of carbonyl (C=O) groups is 2. The molecule has 0 fully saturated rings. The summed E-state index contributed by atoms with van der Waals surface area (Å²) in [6, 6.07) is 13.1. The summed E-state index contributed by atoms with van der Waals surface area (Å²) in [7, 11) is -3.89. The lowest BCUT2D eigenvalue weighted by molar-refractivity contribution is -0.123. The first-order chi connectivity index (χ1) is 14.7. The van der Waals surface area contributed by atoms with Crippen LogP contribution in [-0.2, 0) is 19.6 Å². The minimum absolute atomic E-state index is 0.0409. The highest BCUT2D eigenvalue weighted by molar-refractivity contribution is 7.92. The summed E-state index contributed by atoms with van der Waals surface area (Å²) < 4.78 is 32.1. The monoisotopic (exact) mass is 441 g/mol. The van der Waals surface area contributed by atoms with E-state index in [1.54, 1.807) is 18.2 Å². The van der Waals surface area contributed by atoms with Crippen LogP contribution in [0, 0.1) is 0 Å². The topological polar surface area (TPSA) is 153 Å².